The fraction of sp³-hybridized carbons (Fsp3) is 0.905. The third kappa shape index (κ3) is 57.0. The molecule has 5 nitrogen and oxygen atoms in total. The molecule has 0 aromatic heterocycles. The molecule has 1 unspecified atom stereocenters. The summed E-state index contributed by atoms with van der Waals surface area (Å²) < 4.78 is 17.5. The van der Waals surface area contributed by atoms with Gasteiger partial charge in [0.25, 0.3) is 0 Å². The zero-order chi connectivity index (χ0) is 49.2. The topological polar surface area (TPSA) is 61.8 Å². The molecule has 5 heteroatoms. The van der Waals surface area contributed by atoms with Gasteiger partial charge < -0.3 is 14.2 Å². The summed E-state index contributed by atoms with van der Waals surface area (Å²) in [4.78, 5) is 25.6. The van der Waals surface area contributed by atoms with Crippen molar-refractivity contribution in [3.05, 3.63) is 24.3 Å². The van der Waals surface area contributed by atoms with Crippen LogP contribution in [0.2, 0.25) is 0 Å². The Bertz CT molecular complexity index is 1040. The van der Waals surface area contributed by atoms with Crippen LogP contribution in [0.3, 0.4) is 0 Å². The minimum absolute atomic E-state index is 0.0897. The maximum absolute atomic E-state index is 12.9. The fourth-order valence-electron chi connectivity index (χ4n) is 9.37. The van der Waals surface area contributed by atoms with Crippen LogP contribution in [0.4, 0.5) is 0 Å². The number of carbonyl (C=O) groups is 2. The van der Waals surface area contributed by atoms with Gasteiger partial charge in [-0.25, -0.2) is 0 Å². The summed E-state index contributed by atoms with van der Waals surface area (Å²) in [6.45, 7) is 7.88. The van der Waals surface area contributed by atoms with Gasteiger partial charge in [-0.05, 0) is 51.4 Å². The summed E-state index contributed by atoms with van der Waals surface area (Å²) in [5.41, 5.74) is 0. The van der Waals surface area contributed by atoms with Gasteiger partial charge in [0.15, 0.2) is 6.10 Å². The van der Waals surface area contributed by atoms with Gasteiger partial charge in [0.2, 0.25) is 0 Å². The number of hydrogen-bond donors (Lipinski definition) is 0. The lowest BCUT2D eigenvalue weighted by Gasteiger charge is -2.18. The van der Waals surface area contributed by atoms with Gasteiger partial charge in [0.1, 0.15) is 6.61 Å². The van der Waals surface area contributed by atoms with Crippen LogP contribution in [0.25, 0.3) is 0 Å². The predicted octanol–water partition coefficient (Wildman–Crippen LogP) is 21.1. The Morgan fingerprint density at radius 1 is 0.324 bits per heavy atom. The summed E-state index contributed by atoms with van der Waals surface area (Å²) in [5.74, 6) is -0.380. The van der Waals surface area contributed by atoms with Crippen LogP contribution in [-0.4, -0.2) is 37.9 Å². The molecule has 0 bridgehead atoms. The molecule has 0 aliphatic heterocycles. The van der Waals surface area contributed by atoms with Crippen LogP contribution < -0.4 is 0 Å². The maximum Gasteiger partial charge on any atom is 0.306 e. The lowest BCUT2D eigenvalue weighted by atomic mass is 10.0. The van der Waals surface area contributed by atoms with E-state index >= 15 is 0 Å². The number of allylic oxidation sites excluding steroid dienone is 4. The molecular formula is C63H120O5. The van der Waals surface area contributed by atoms with Crippen molar-refractivity contribution in [2.75, 3.05) is 19.8 Å². The van der Waals surface area contributed by atoms with E-state index in [9.17, 15) is 9.59 Å². The largest absolute Gasteiger partial charge is 0.462 e. The molecule has 0 amide bonds. The molecule has 0 spiro atoms. The highest BCUT2D eigenvalue weighted by molar-refractivity contribution is 5.70. The van der Waals surface area contributed by atoms with Crippen molar-refractivity contribution in [2.45, 2.75) is 348 Å². The normalized spacial score (nSPS) is 12.2. The molecular weight excluding hydrogens is 837 g/mol. The zero-order valence-electron chi connectivity index (χ0n) is 46.4. The first kappa shape index (κ1) is 66.4. The highest BCUT2D eigenvalue weighted by Crippen LogP contribution is 2.17. The molecule has 0 aromatic rings. The van der Waals surface area contributed by atoms with Crippen LogP contribution in [-0.2, 0) is 23.8 Å². The van der Waals surface area contributed by atoms with E-state index in [2.05, 4.69) is 45.1 Å². The second-order valence-electron chi connectivity index (χ2n) is 21.0. The lowest BCUT2D eigenvalue weighted by Crippen LogP contribution is -2.30. The number of rotatable bonds is 58. The zero-order valence-corrected chi connectivity index (χ0v) is 46.4. The summed E-state index contributed by atoms with van der Waals surface area (Å²) in [6, 6.07) is 0. The Balaban J connectivity index is 4.20. The first-order chi connectivity index (χ1) is 33.6. The fourth-order valence-corrected chi connectivity index (χ4v) is 9.37. The van der Waals surface area contributed by atoms with Crippen molar-refractivity contribution in [1.29, 1.82) is 0 Å². The number of carbonyl (C=O) groups excluding carboxylic acids is 2. The smallest absolute Gasteiger partial charge is 0.306 e. The molecule has 68 heavy (non-hydrogen) atoms. The van der Waals surface area contributed by atoms with E-state index in [1.165, 1.54) is 270 Å². The molecule has 0 rings (SSSR count). The van der Waals surface area contributed by atoms with Crippen molar-refractivity contribution in [3.63, 3.8) is 0 Å². The lowest BCUT2D eigenvalue weighted by molar-refractivity contribution is -0.163. The average molecular weight is 958 g/mol. The Morgan fingerprint density at radius 3 is 1.00 bits per heavy atom. The van der Waals surface area contributed by atoms with Crippen molar-refractivity contribution in [2.24, 2.45) is 0 Å². The van der Waals surface area contributed by atoms with Crippen LogP contribution in [0.5, 0.6) is 0 Å². The SMILES string of the molecule is CCCCC/C=C\C/C=C\CCCCCCCCCC(=O)OCC(COCCCCCCCCCCCCCCCCCCCCCC)OC(=O)CCCCCCCCCCCCCCCCC. The molecule has 0 aromatic carbocycles. The molecule has 402 valence electrons. The second-order valence-corrected chi connectivity index (χ2v) is 21.0. The molecule has 0 aliphatic carbocycles. The summed E-state index contributed by atoms with van der Waals surface area (Å²) in [6.07, 6.45) is 72.1. The van der Waals surface area contributed by atoms with E-state index in [-0.39, 0.29) is 18.5 Å². The van der Waals surface area contributed by atoms with E-state index in [4.69, 9.17) is 14.2 Å². The first-order valence-electron chi connectivity index (χ1n) is 30.9. The number of esters is 2. The van der Waals surface area contributed by atoms with Gasteiger partial charge in [-0.3, -0.25) is 9.59 Å². The van der Waals surface area contributed by atoms with Gasteiger partial charge in [0, 0.05) is 19.4 Å². The van der Waals surface area contributed by atoms with Gasteiger partial charge >= 0.3 is 11.9 Å². The Labute approximate surface area is 426 Å². The van der Waals surface area contributed by atoms with Gasteiger partial charge in [-0.15, -0.1) is 0 Å². The highest BCUT2D eigenvalue weighted by Gasteiger charge is 2.18. The molecule has 0 radical (unpaired) electrons. The molecule has 0 heterocycles. The van der Waals surface area contributed by atoms with Crippen LogP contribution in [0, 0.1) is 0 Å². The molecule has 0 fully saturated rings. The van der Waals surface area contributed by atoms with E-state index in [0.717, 1.165) is 38.5 Å². The second kappa shape index (κ2) is 59.7. The number of unbranched alkanes of at least 4 members (excludes halogenated alkanes) is 43. The minimum atomic E-state index is -0.533. The maximum atomic E-state index is 12.9. The minimum Gasteiger partial charge on any atom is -0.462 e. The highest BCUT2D eigenvalue weighted by atomic mass is 16.6. The Hall–Kier alpha value is -1.62. The van der Waals surface area contributed by atoms with Gasteiger partial charge in [0.05, 0.1) is 6.61 Å². The third-order valence-corrected chi connectivity index (χ3v) is 14.0. The Kier molecular flexibility index (Phi) is 58.3. The van der Waals surface area contributed by atoms with E-state index in [0.29, 0.717) is 26.1 Å². The van der Waals surface area contributed by atoms with Crippen LogP contribution in [0.1, 0.15) is 342 Å². The first-order valence-corrected chi connectivity index (χ1v) is 30.9. The predicted molar refractivity (Wildman–Crippen MR) is 298 cm³/mol. The van der Waals surface area contributed by atoms with Crippen molar-refractivity contribution < 1.29 is 23.8 Å². The quantitative estimate of drug-likeness (QED) is 0.0345. The molecule has 0 saturated carbocycles. The summed E-state index contributed by atoms with van der Waals surface area (Å²) in [5, 5.41) is 0. The van der Waals surface area contributed by atoms with E-state index < -0.39 is 6.10 Å². The van der Waals surface area contributed by atoms with Crippen molar-refractivity contribution in [3.8, 4) is 0 Å². The van der Waals surface area contributed by atoms with Gasteiger partial charge in [-0.1, -0.05) is 302 Å². The molecule has 0 aliphatic rings. The van der Waals surface area contributed by atoms with Crippen molar-refractivity contribution in [1.82, 2.24) is 0 Å². The Morgan fingerprint density at radius 2 is 0.618 bits per heavy atom. The summed E-state index contributed by atoms with van der Waals surface area (Å²) in [7, 11) is 0. The number of hydrogen-bond acceptors (Lipinski definition) is 5. The monoisotopic (exact) mass is 957 g/mol. The third-order valence-electron chi connectivity index (χ3n) is 14.0. The van der Waals surface area contributed by atoms with Crippen LogP contribution in [0.15, 0.2) is 24.3 Å². The standard InChI is InChI=1S/C63H120O5/c1-4-7-10-13-16-19-22-25-28-30-31-32-34-37-40-43-46-49-52-55-58-66-59-61(68-63(65)57-54-51-48-45-42-39-35-27-24-21-18-15-12-9-6-3)60-67-62(64)56-53-50-47-44-41-38-36-33-29-26-23-20-17-14-11-8-5-2/h17,20,26,29,61H,4-16,18-19,21-25,27-28,30-60H2,1-3H3/b20-17-,29-26-. The number of ether oxygens (including phenoxy) is 3. The van der Waals surface area contributed by atoms with Crippen molar-refractivity contribution >= 4 is 11.9 Å². The van der Waals surface area contributed by atoms with E-state index in [1.807, 2.05) is 0 Å². The van der Waals surface area contributed by atoms with Crippen LogP contribution >= 0.6 is 0 Å². The average Bonchev–Trinajstić information content (AvgIpc) is 3.34. The summed E-state index contributed by atoms with van der Waals surface area (Å²) >= 11 is 0. The molecule has 0 N–H and O–H groups in total. The molecule has 1 atom stereocenters. The molecule has 0 saturated heterocycles. The van der Waals surface area contributed by atoms with E-state index in [1.54, 1.807) is 0 Å². The van der Waals surface area contributed by atoms with Gasteiger partial charge in [-0.2, -0.15) is 0 Å².